The number of nitrogens with two attached hydrogens (primary N) is 1. The fraction of sp³-hybridized carbons (Fsp3) is 1.00. The average molecular weight is 264 g/mol. The Balaban J connectivity index is 2.59. The zero-order chi connectivity index (χ0) is 12.7. The summed E-state index contributed by atoms with van der Waals surface area (Å²) in [4.78, 5) is 0. The molecular formula is C11H24N2O3S. The van der Waals surface area contributed by atoms with Crippen LogP contribution < -0.4 is 5.73 Å². The lowest BCUT2D eigenvalue weighted by molar-refractivity contribution is 0.160. The van der Waals surface area contributed by atoms with Crippen LogP contribution in [0.4, 0.5) is 0 Å². The van der Waals surface area contributed by atoms with Crippen LogP contribution in [0.1, 0.15) is 32.6 Å². The van der Waals surface area contributed by atoms with Crippen LogP contribution in [0.2, 0.25) is 0 Å². The molecular weight excluding hydrogens is 240 g/mol. The van der Waals surface area contributed by atoms with Crippen LogP contribution in [-0.4, -0.2) is 50.8 Å². The van der Waals surface area contributed by atoms with Gasteiger partial charge in [0.2, 0.25) is 10.0 Å². The molecule has 17 heavy (non-hydrogen) atoms. The van der Waals surface area contributed by atoms with Crippen LogP contribution >= 0.6 is 0 Å². The van der Waals surface area contributed by atoms with E-state index in [9.17, 15) is 8.42 Å². The maximum absolute atomic E-state index is 12.2. The second kappa shape index (κ2) is 7.31. The smallest absolute Gasteiger partial charge is 0.216 e. The van der Waals surface area contributed by atoms with E-state index >= 15 is 0 Å². The van der Waals surface area contributed by atoms with Gasteiger partial charge < -0.3 is 10.5 Å². The number of piperidine rings is 1. The van der Waals surface area contributed by atoms with Gasteiger partial charge in [0.15, 0.2) is 0 Å². The van der Waals surface area contributed by atoms with Gasteiger partial charge in [0.05, 0.1) is 12.4 Å². The Bertz CT molecular complexity index is 304. The summed E-state index contributed by atoms with van der Waals surface area (Å²) < 4.78 is 31.1. The molecule has 0 saturated carbocycles. The molecule has 0 aromatic rings. The predicted octanol–water partition coefficient (Wildman–Crippen LogP) is 0.556. The van der Waals surface area contributed by atoms with Gasteiger partial charge >= 0.3 is 0 Å². The Morgan fingerprint density at radius 3 is 2.82 bits per heavy atom. The Morgan fingerprint density at radius 1 is 1.41 bits per heavy atom. The van der Waals surface area contributed by atoms with Gasteiger partial charge in [0.25, 0.3) is 0 Å². The van der Waals surface area contributed by atoms with Crippen LogP contribution in [0.5, 0.6) is 0 Å². The van der Waals surface area contributed by atoms with Crippen molar-refractivity contribution >= 4 is 10.0 Å². The fourth-order valence-corrected chi connectivity index (χ4v) is 3.88. The Morgan fingerprint density at radius 2 is 2.18 bits per heavy atom. The molecule has 0 radical (unpaired) electrons. The van der Waals surface area contributed by atoms with Crippen molar-refractivity contribution in [1.82, 2.24) is 4.31 Å². The second-order valence-electron chi connectivity index (χ2n) is 4.35. The summed E-state index contributed by atoms with van der Waals surface area (Å²) in [6, 6.07) is 0.0976. The van der Waals surface area contributed by atoms with E-state index < -0.39 is 10.0 Å². The zero-order valence-corrected chi connectivity index (χ0v) is 11.4. The van der Waals surface area contributed by atoms with Crippen LogP contribution in [0.3, 0.4) is 0 Å². The highest BCUT2D eigenvalue weighted by Gasteiger charge is 2.31. The first kappa shape index (κ1) is 14.9. The largest absolute Gasteiger partial charge is 0.381 e. The van der Waals surface area contributed by atoms with Gasteiger partial charge in [0, 0.05) is 19.2 Å². The Kier molecular flexibility index (Phi) is 6.40. The summed E-state index contributed by atoms with van der Waals surface area (Å²) in [5, 5.41) is 0. The molecule has 0 spiro atoms. The average Bonchev–Trinajstić information content (AvgIpc) is 2.30. The molecule has 1 saturated heterocycles. The highest BCUT2D eigenvalue weighted by atomic mass is 32.2. The number of ether oxygens (including phenoxy) is 1. The molecule has 6 heteroatoms. The van der Waals surface area contributed by atoms with E-state index in [1.165, 1.54) is 0 Å². The molecule has 0 amide bonds. The molecule has 0 bridgehead atoms. The maximum atomic E-state index is 12.2. The van der Waals surface area contributed by atoms with Crippen LogP contribution in [0.15, 0.2) is 0 Å². The molecule has 1 atom stereocenters. The molecule has 2 N–H and O–H groups in total. The standard InChI is InChI=1S/C11H24N2O3S/c1-2-16-9-10-17(14,15)13-8-4-3-5-11(13)6-7-12/h11H,2-10,12H2,1H3. The number of hydrogen-bond donors (Lipinski definition) is 1. The van der Waals surface area contributed by atoms with Gasteiger partial charge in [-0.25, -0.2) is 8.42 Å². The van der Waals surface area contributed by atoms with E-state index in [-0.39, 0.29) is 18.4 Å². The van der Waals surface area contributed by atoms with Crippen molar-refractivity contribution in [3.05, 3.63) is 0 Å². The van der Waals surface area contributed by atoms with Gasteiger partial charge in [-0.05, 0) is 32.7 Å². The molecule has 1 heterocycles. The topological polar surface area (TPSA) is 72.6 Å². The molecule has 1 aliphatic rings. The lowest BCUT2D eigenvalue weighted by Gasteiger charge is -2.34. The normalized spacial score (nSPS) is 22.8. The molecule has 5 nitrogen and oxygen atoms in total. The highest BCUT2D eigenvalue weighted by molar-refractivity contribution is 7.89. The number of rotatable bonds is 7. The van der Waals surface area contributed by atoms with E-state index in [1.54, 1.807) is 4.31 Å². The van der Waals surface area contributed by atoms with E-state index in [0.717, 1.165) is 25.7 Å². The summed E-state index contributed by atoms with van der Waals surface area (Å²) in [6.45, 7) is 3.89. The van der Waals surface area contributed by atoms with E-state index in [0.29, 0.717) is 19.7 Å². The van der Waals surface area contributed by atoms with E-state index in [2.05, 4.69) is 0 Å². The molecule has 1 fully saturated rings. The summed E-state index contributed by atoms with van der Waals surface area (Å²) in [5.74, 6) is 0.0852. The first-order valence-corrected chi connectivity index (χ1v) is 8.00. The van der Waals surface area contributed by atoms with Crippen LogP contribution in [-0.2, 0) is 14.8 Å². The Labute approximate surface area is 104 Å². The second-order valence-corrected chi connectivity index (χ2v) is 6.39. The third-order valence-corrected chi connectivity index (χ3v) is 5.00. The van der Waals surface area contributed by atoms with Gasteiger partial charge in [-0.3, -0.25) is 0 Å². The van der Waals surface area contributed by atoms with Crippen molar-refractivity contribution < 1.29 is 13.2 Å². The van der Waals surface area contributed by atoms with Crippen molar-refractivity contribution in [2.75, 3.05) is 32.1 Å². The van der Waals surface area contributed by atoms with Crippen molar-refractivity contribution in [1.29, 1.82) is 0 Å². The first-order chi connectivity index (χ1) is 8.11. The minimum Gasteiger partial charge on any atom is -0.381 e. The van der Waals surface area contributed by atoms with Gasteiger partial charge in [-0.2, -0.15) is 4.31 Å². The molecule has 0 aromatic carbocycles. The minimum absolute atomic E-state index is 0.0852. The number of hydrogen-bond acceptors (Lipinski definition) is 4. The highest BCUT2D eigenvalue weighted by Crippen LogP contribution is 2.22. The van der Waals surface area contributed by atoms with Gasteiger partial charge in [-0.1, -0.05) is 6.42 Å². The molecule has 1 unspecified atom stereocenters. The van der Waals surface area contributed by atoms with Crippen molar-refractivity contribution in [2.45, 2.75) is 38.6 Å². The monoisotopic (exact) mass is 264 g/mol. The molecule has 102 valence electrons. The zero-order valence-electron chi connectivity index (χ0n) is 10.6. The van der Waals surface area contributed by atoms with Gasteiger partial charge in [0.1, 0.15) is 0 Å². The van der Waals surface area contributed by atoms with Crippen molar-refractivity contribution in [2.24, 2.45) is 5.73 Å². The summed E-state index contributed by atoms with van der Waals surface area (Å²) in [5.41, 5.74) is 5.54. The van der Waals surface area contributed by atoms with Gasteiger partial charge in [-0.15, -0.1) is 0 Å². The summed E-state index contributed by atoms with van der Waals surface area (Å²) in [7, 11) is -3.17. The lowest BCUT2D eigenvalue weighted by Crippen LogP contribution is -2.46. The molecule has 0 aromatic heterocycles. The van der Waals surface area contributed by atoms with Crippen molar-refractivity contribution in [3.63, 3.8) is 0 Å². The minimum atomic E-state index is -3.17. The van der Waals surface area contributed by atoms with E-state index in [1.807, 2.05) is 6.92 Å². The molecule has 0 aliphatic carbocycles. The maximum Gasteiger partial charge on any atom is 0.216 e. The summed E-state index contributed by atoms with van der Waals surface area (Å²) >= 11 is 0. The first-order valence-electron chi connectivity index (χ1n) is 6.39. The summed E-state index contributed by atoms with van der Waals surface area (Å²) in [6.07, 6.45) is 3.75. The molecule has 1 aliphatic heterocycles. The third kappa shape index (κ3) is 4.54. The van der Waals surface area contributed by atoms with Crippen LogP contribution in [0.25, 0.3) is 0 Å². The van der Waals surface area contributed by atoms with Crippen LogP contribution in [0, 0.1) is 0 Å². The lowest BCUT2D eigenvalue weighted by atomic mass is 10.0. The number of sulfonamides is 1. The molecule has 1 rings (SSSR count). The van der Waals surface area contributed by atoms with E-state index in [4.69, 9.17) is 10.5 Å². The SMILES string of the molecule is CCOCCS(=O)(=O)N1CCCCC1CCN. The number of nitrogens with zero attached hydrogens (tertiary/aromatic N) is 1. The fourth-order valence-electron chi connectivity index (χ4n) is 2.25. The third-order valence-electron chi connectivity index (χ3n) is 3.12. The Hall–Kier alpha value is -0.170. The predicted molar refractivity (Wildman–Crippen MR) is 68.3 cm³/mol. The quantitative estimate of drug-likeness (QED) is 0.682. The van der Waals surface area contributed by atoms with Crippen molar-refractivity contribution in [3.8, 4) is 0 Å².